The Kier molecular flexibility index (Phi) is 6.34. The lowest BCUT2D eigenvalue weighted by atomic mass is 10.2. The molecule has 0 heterocycles. The summed E-state index contributed by atoms with van der Waals surface area (Å²) in [7, 11) is -3.77. The second kappa shape index (κ2) is 7.60. The molecule has 1 aromatic rings. The Morgan fingerprint density at radius 3 is 2.52 bits per heavy atom. The van der Waals surface area contributed by atoms with Crippen LogP contribution in [0.25, 0.3) is 0 Å². The number of carbonyl (C=O) groups is 1. The third-order valence-corrected chi connectivity index (χ3v) is 4.05. The van der Waals surface area contributed by atoms with Gasteiger partial charge in [-0.1, -0.05) is 0 Å². The van der Waals surface area contributed by atoms with Gasteiger partial charge < -0.3 is 15.8 Å². The molecule has 9 heteroatoms. The Morgan fingerprint density at radius 2 is 1.96 bits per heavy atom. The minimum absolute atomic E-state index is 0.107. The molecule has 0 spiro atoms. The molecule has 0 atom stereocenters. The number of hydrogen-bond donors (Lipinski definition) is 3. The van der Waals surface area contributed by atoms with E-state index in [-0.39, 0.29) is 23.7 Å². The SMILES string of the molecule is CC(C)(C)OC(=O)NCCCNS(=O)(=O)c1ccc(F)c(N)c1. The van der Waals surface area contributed by atoms with Gasteiger partial charge >= 0.3 is 6.09 Å². The number of rotatable bonds is 6. The third kappa shape index (κ3) is 6.83. The summed E-state index contributed by atoms with van der Waals surface area (Å²) in [6.07, 6.45) is -0.193. The Labute approximate surface area is 135 Å². The zero-order chi connectivity index (χ0) is 17.7. The highest BCUT2D eigenvalue weighted by atomic mass is 32.2. The van der Waals surface area contributed by atoms with E-state index in [0.717, 1.165) is 18.2 Å². The van der Waals surface area contributed by atoms with Gasteiger partial charge in [0.05, 0.1) is 10.6 Å². The van der Waals surface area contributed by atoms with Gasteiger partial charge in [0, 0.05) is 13.1 Å². The van der Waals surface area contributed by atoms with Crippen LogP contribution < -0.4 is 15.8 Å². The molecule has 0 aliphatic rings. The zero-order valence-electron chi connectivity index (χ0n) is 13.3. The van der Waals surface area contributed by atoms with Crippen LogP contribution >= 0.6 is 0 Å². The van der Waals surface area contributed by atoms with Crippen LogP contribution in [0.2, 0.25) is 0 Å². The van der Waals surface area contributed by atoms with E-state index in [0.29, 0.717) is 6.42 Å². The summed E-state index contributed by atoms with van der Waals surface area (Å²) >= 11 is 0. The molecule has 0 aromatic heterocycles. The van der Waals surface area contributed by atoms with Crippen LogP contribution in [0.5, 0.6) is 0 Å². The maximum atomic E-state index is 13.0. The van der Waals surface area contributed by atoms with Crippen molar-refractivity contribution in [1.29, 1.82) is 0 Å². The molecule has 0 saturated heterocycles. The Balaban J connectivity index is 2.40. The molecule has 1 amide bonds. The molecular weight excluding hydrogens is 325 g/mol. The predicted molar refractivity (Wildman–Crippen MR) is 84.9 cm³/mol. The summed E-state index contributed by atoms with van der Waals surface area (Å²) in [6.45, 7) is 5.59. The number of carbonyl (C=O) groups excluding carboxylic acids is 1. The van der Waals surface area contributed by atoms with Crippen molar-refractivity contribution in [1.82, 2.24) is 10.0 Å². The molecule has 0 fully saturated rings. The van der Waals surface area contributed by atoms with Crippen LogP contribution in [0.1, 0.15) is 27.2 Å². The van der Waals surface area contributed by atoms with Crippen molar-refractivity contribution in [3.8, 4) is 0 Å². The highest BCUT2D eigenvalue weighted by Crippen LogP contribution is 2.16. The number of sulfonamides is 1. The number of benzene rings is 1. The van der Waals surface area contributed by atoms with Crippen LogP contribution in [0.3, 0.4) is 0 Å². The highest BCUT2D eigenvalue weighted by Gasteiger charge is 2.16. The van der Waals surface area contributed by atoms with Gasteiger partial charge in [0.15, 0.2) is 0 Å². The monoisotopic (exact) mass is 347 g/mol. The smallest absolute Gasteiger partial charge is 0.407 e. The number of nitrogens with two attached hydrogens (primary N) is 1. The lowest BCUT2D eigenvalue weighted by Crippen LogP contribution is -2.34. The molecule has 0 bridgehead atoms. The molecule has 0 saturated carbocycles. The first-order chi connectivity index (χ1) is 10.5. The second-order valence-electron chi connectivity index (χ2n) is 5.86. The molecular formula is C14H22FN3O4S. The summed E-state index contributed by atoms with van der Waals surface area (Å²) in [6, 6.07) is 3.18. The molecule has 7 nitrogen and oxygen atoms in total. The van der Waals surface area contributed by atoms with Crippen LogP contribution in [0.15, 0.2) is 23.1 Å². The maximum Gasteiger partial charge on any atom is 0.407 e. The number of alkyl carbamates (subject to hydrolysis) is 1. The highest BCUT2D eigenvalue weighted by molar-refractivity contribution is 7.89. The first kappa shape index (κ1) is 19.2. The van der Waals surface area contributed by atoms with Gasteiger partial charge in [-0.05, 0) is 45.4 Å². The standard InChI is InChI=1S/C14H22FN3O4S/c1-14(2,3)22-13(19)17-7-4-8-18-23(20,21)10-5-6-11(15)12(16)9-10/h5-6,9,18H,4,7-8,16H2,1-3H3,(H,17,19). The molecule has 0 aliphatic heterocycles. The third-order valence-electron chi connectivity index (χ3n) is 2.59. The van der Waals surface area contributed by atoms with E-state index < -0.39 is 27.5 Å². The summed E-state index contributed by atoms with van der Waals surface area (Å²) in [4.78, 5) is 11.3. The van der Waals surface area contributed by atoms with Gasteiger partial charge in [0.2, 0.25) is 10.0 Å². The number of amides is 1. The average Bonchev–Trinajstić information content (AvgIpc) is 2.39. The minimum Gasteiger partial charge on any atom is -0.444 e. The molecule has 1 rings (SSSR count). The summed E-state index contributed by atoms with van der Waals surface area (Å²) in [5.41, 5.74) is 4.52. The Morgan fingerprint density at radius 1 is 1.30 bits per heavy atom. The number of ether oxygens (including phenoxy) is 1. The van der Waals surface area contributed by atoms with E-state index in [4.69, 9.17) is 10.5 Å². The molecule has 0 unspecified atom stereocenters. The number of nitrogen functional groups attached to an aromatic ring is 1. The second-order valence-corrected chi connectivity index (χ2v) is 7.63. The van der Waals surface area contributed by atoms with Crippen molar-refractivity contribution in [3.05, 3.63) is 24.0 Å². The minimum atomic E-state index is -3.77. The molecule has 130 valence electrons. The first-order valence-electron chi connectivity index (χ1n) is 7.03. The van der Waals surface area contributed by atoms with Crippen LogP contribution in [0.4, 0.5) is 14.9 Å². The topological polar surface area (TPSA) is 111 Å². The number of anilines is 1. The van der Waals surface area contributed by atoms with Gasteiger partial charge in [-0.3, -0.25) is 0 Å². The Hall–Kier alpha value is -1.87. The first-order valence-corrected chi connectivity index (χ1v) is 8.51. The number of hydrogen-bond acceptors (Lipinski definition) is 5. The number of halogens is 1. The maximum absolute atomic E-state index is 13.0. The van der Waals surface area contributed by atoms with Crippen molar-refractivity contribution in [3.63, 3.8) is 0 Å². The van der Waals surface area contributed by atoms with E-state index in [1.807, 2.05) is 0 Å². The fraction of sp³-hybridized carbons (Fsp3) is 0.500. The summed E-state index contributed by atoms with van der Waals surface area (Å²) in [5, 5.41) is 2.52. The van der Waals surface area contributed by atoms with E-state index >= 15 is 0 Å². The fourth-order valence-corrected chi connectivity index (χ4v) is 2.68. The van der Waals surface area contributed by atoms with Crippen molar-refractivity contribution < 1.29 is 22.3 Å². The fourth-order valence-electron chi connectivity index (χ4n) is 1.57. The normalized spacial score (nSPS) is 12.0. The summed E-state index contributed by atoms with van der Waals surface area (Å²) < 4.78 is 44.4. The molecule has 23 heavy (non-hydrogen) atoms. The number of nitrogens with one attached hydrogen (secondary N) is 2. The van der Waals surface area contributed by atoms with E-state index in [2.05, 4.69) is 10.0 Å². The van der Waals surface area contributed by atoms with E-state index in [1.54, 1.807) is 20.8 Å². The zero-order valence-corrected chi connectivity index (χ0v) is 14.2. The van der Waals surface area contributed by atoms with Gasteiger partial charge in [0.1, 0.15) is 11.4 Å². The van der Waals surface area contributed by atoms with Crippen LogP contribution in [-0.4, -0.2) is 33.2 Å². The van der Waals surface area contributed by atoms with E-state index in [9.17, 15) is 17.6 Å². The lowest BCUT2D eigenvalue weighted by Gasteiger charge is -2.19. The quantitative estimate of drug-likeness (QED) is 0.535. The molecule has 0 radical (unpaired) electrons. The van der Waals surface area contributed by atoms with Crippen molar-refractivity contribution in [2.24, 2.45) is 0 Å². The van der Waals surface area contributed by atoms with Crippen molar-refractivity contribution in [2.45, 2.75) is 37.7 Å². The lowest BCUT2D eigenvalue weighted by molar-refractivity contribution is 0.0527. The van der Waals surface area contributed by atoms with E-state index in [1.165, 1.54) is 0 Å². The van der Waals surface area contributed by atoms with Crippen molar-refractivity contribution >= 4 is 21.8 Å². The average molecular weight is 347 g/mol. The van der Waals surface area contributed by atoms with Crippen LogP contribution in [0, 0.1) is 5.82 Å². The largest absolute Gasteiger partial charge is 0.444 e. The van der Waals surface area contributed by atoms with Crippen molar-refractivity contribution in [2.75, 3.05) is 18.8 Å². The van der Waals surface area contributed by atoms with Gasteiger partial charge in [-0.15, -0.1) is 0 Å². The molecule has 1 aromatic carbocycles. The van der Waals surface area contributed by atoms with Crippen LogP contribution in [-0.2, 0) is 14.8 Å². The molecule has 4 N–H and O–H groups in total. The Bertz CT molecular complexity index is 656. The predicted octanol–water partition coefficient (Wildman–Crippen LogP) is 1.60. The van der Waals surface area contributed by atoms with Gasteiger partial charge in [0.25, 0.3) is 0 Å². The molecule has 0 aliphatic carbocycles. The van der Waals surface area contributed by atoms with Gasteiger partial charge in [-0.25, -0.2) is 22.3 Å². The van der Waals surface area contributed by atoms with Gasteiger partial charge in [-0.2, -0.15) is 0 Å². The summed E-state index contributed by atoms with van der Waals surface area (Å²) in [5.74, 6) is -0.675.